The van der Waals surface area contributed by atoms with Gasteiger partial charge in [-0.25, -0.2) is 15.0 Å². The van der Waals surface area contributed by atoms with Gasteiger partial charge in [0, 0.05) is 16.9 Å². The molecule has 2 N–H and O–H groups in total. The summed E-state index contributed by atoms with van der Waals surface area (Å²) in [5.41, 5.74) is 5.90. The maximum absolute atomic E-state index is 10.7. The van der Waals surface area contributed by atoms with Gasteiger partial charge in [0.05, 0.1) is 0 Å². The van der Waals surface area contributed by atoms with Crippen LogP contribution in [0.25, 0.3) is 11.4 Å². The van der Waals surface area contributed by atoms with Gasteiger partial charge in [-0.3, -0.25) is 4.79 Å². The average Bonchev–Trinajstić information content (AvgIpc) is 2.65. The molecule has 0 saturated carbocycles. The zero-order valence-corrected chi connectivity index (χ0v) is 21.9. The molecule has 2 rings (SSSR count). The quantitative estimate of drug-likeness (QED) is 0.233. The summed E-state index contributed by atoms with van der Waals surface area (Å²) in [5.74, 6) is 1.07. The fourth-order valence-corrected chi connectivity index (χ4v) is 2.83. The van der Waals surface area contributed by atoms with Crippen molar-refractivity contribution in [1.82, 2.24) is 15.0 Å². The van der Waals surface area contributed by atoms with Crippen molar-refractivity contribution in [3.8, 4) is 11.4 Å². The number of aromatic nitrogens is 3. The highest BCUT2D eigenvalue weighted by molar-refractivity contribution is 7.99. The zero-order valence-electron chi connectivity index (χ0n) is 16.5. The average molecular weight is 555 g/mol. The molecule has 0 aliphatic rings. The van der Waals surface area contributed by atoms with E-state index in [9.17, 15) is 4.79 Å². The van der Waals surface area contributed by atoms with E-state index in [1.807, 2.05) is 38.1 Å². The van der Waals surface area contributed by atoms with Crippen molar-refractivity contribution < 1.29 is 4.79 Å². The Balaban J connectivity index is 0.00000105. The zero-order chi connectivity index (χ0) is 23.4. The number of carbonyl (C=O) groups excluding carboxylic acids is 1. The van der Waals surface area contributed by atoms with Crippen molar-refractivity contribution in [2.75, 3.05) is 5.75 Å². The molecule has 1 aromatic heterocycles. The normalized spacial score (nSPS) is 11.0. The summed E-state index contributed by atoms with van der Waals surface area (Å²) in [5, 5.41) is 0. The van der Waals surface area contributed by atoms with Gasteiger partial charge in [0.25, 0.3) is 0 Å². The first-order valence-electron chi connectivity index (χ1n) is 8.71. The molecule has 2 aromatic rings. The lowest BCUT2D eigenvalue weighted by Gasteiger charge is -2.09. The largest absolute Gasteiger partial charge is 0.370 e. The third-order valence-corrected chi connectivity index (χ3v) is 4.38. The molecule has 0 spiro atoms. The number of benzene rings is 1. The van der Waals surface area contributed by atoms with Crippen molar-refractivity contribution in [3.05, 3.63) is 36.4 Å². The number of thioether (sulfide) groups is 1. The molecule has 1 amide bonds. The Labute approximate surface area is 211 Å². The van der Waals surface area contributed by atoms with Gasteiger partial charge in [0.2, 0.25) is 9.70 Å². The summed E-state index contributed by atoms with van der Waals surface area (Å²) >= 11 is 34.2. The number of primary amides is 1. The number of hydrogen-bond acceptors (Lipinski definition) is 5. The fraction of sp³-hybridized carbons (Fsp3) is 0.444. The summed E-state index contributed by atoms with van der Waals surface area (Å²) in [6, 6.07) is 7.66. The van der Waals surface area contributed by atoms with E-state index in [1.54, 1.807) is 11.8 Å². The first kappa shape index (κ1) is 29.8. The molecule has 0 atom stereocenters. The second-order valence-electron chi connectivity index (χ2n) is 5.35. The number of hydrogen-bond donors (Lipinski definition) is 1. The highest BCUT2D eigenvalue weighted by atomic mass is 35.6. The molecule has 0 saturated heterocycles. The van der Waals surface area contributed by atoms with E-state index in [2.05, 4.69) is 15.0 Å². The van der Waals surface area contributed by atoms with Crippen LogP contribution in [0.2, 0.25) is 0 Å². The fourth-order valence-electron chi connectivity index (χ4n) is 1.71. The predicted molar refractivity (Wildman–Crippen MR) is 131 cm³/mol. The molecule has 0 fully saturated rings. The van der Waals surface area contributed by atoms with Crippen LogP contribution in [-0.4, -0.2) is 30.4 Å². The van der Waals surface area contributed by atoms with E-state index in [0.29, 0.717) is 12.2 Å². The third-order valence-electron chi connectivity index (χ3n) is 2.77. The predicted octanol–water partition coefficient (Wildman–Crippen LogP) is 7.13. The first-order valence-corrected chi connectivity index (χ1v) is 12.0. The second-order valence-corrected chi connectivity index (χ2v) is 11.7. The summed E-state index contributed by atoms with van der Waals surface area (Å²) in [6.45, 7) is 5.48. The molecule has 0 aliphatic heterocycles. The highest BCUT2D eigenvalue weighted by Crippen LogP contribution is 2.36. The van der Waals surface area contributed by atoms with Crippen molar-refractivity contribution >= 4 is 87.3 Å². The Morgan fingerprint density at radius 3 is 2.03 bits per heavy atom. The standard InChI is InChI=1S/C14H13Cl3N4OS.C2H3Cl3.C2H6/c15-14(16,17)13-20-8-19-12(21-13)9-3-5-10(6-4-9)23-7-1-2-11(18)22;1-2(3,4)5;1-2/h3-6,8H,1-2,7H2,(H2,18,22);1H3;1-2H3. The Morgan fingerprint density at radius 2 is 1.57 bits per heavy atom. The minimum atomic E-state index is -1.69. The topological polar surface area (TPSA) is 81.8 Å². The summed E-state index contributed by atoms with van der Waals surface area (Å²) in [4.78, 5) is 23.9. The van der Waals surface area contributed by atoms with Gasteiger partial charge in [-0.2, -0.15) is 0 Å². The maximum Gasteiger partial charge on any atom is 0.250 e. The molecule has 0 aliphatic carbocycles. The lowest BCUT2D eigenvalue weighted by Crippen LogP contribution is -2.09. The van der Waals surface area contributed by atoms with Crippen LogP contribution in [0.3, 0.4) is 0 Å². The monoisotopic (exact) mass is 552 g/mol. The van der Waals surface area contributed by atoms with Gasteiger partial charge >= 0.3 is 0 Å². The van der Waals surface area contributed by atoms with Crippen molar-refractivity contribution in [1.29, 1.82) is 0 Å². The van der Waals surface area contributed by atoms with Crippen molar-refractivity contribution in [2.45, 2.75) is 46.1 Å². The Bertz CT molecular complexity index is 761. The van der Waals surface area contributed by atoms with E-state index in [1.165, 1.54) is 13.3 Å². The van der Waals surface area contributed by atoms with Gasteiger partial charge in [-0.1, -0.05) is 95.6 Å². The van der Waals surface area contributed by atoms with E-state index >= 15 is 0 Å². The second kappa shape index (κ2) is 14.8. The minimum absolute atomic E-state index is 0.0809. The lowest BCUT2D eigenvalue weighted by molar-refractivity contribution is -0.118. The van der Waals surface area contributed by atoms with Crippen LogP contribution in [0.5, 0.6) is 0 Å². The highest BCUT2D eigenvalue weighted by Gasteiger charge is 2.27. The van der Waals surface area contributed by atoms with Crippen LogP contribution in [0.15, 0.2) is 35.5 Å². The molecule has 168 valence electrons. The number of halogens is 6. The molecule has 1 aromatic carbocycles. The van der Waals surface area contributed by atoms with Gasteiger partial charge in [-0.05, 0) is 31.2 Å². The molecule has 12 heteroatoms. The number of alkyl halides is 6. The first-order chi connectivity index (χ1) is 13.9. The molecule has 0 bridgehead atoms. The summed E-state index contributed by atoms with van der Waals surface area (Å²) < 4.78 is -2.77. The Hall–Kier alpha value is -0.210. The van der Waals surface area contributed by atoms with Gasteiger partial charge in [0.15, 0.2) is 15.4 Å². The molecule has 30 heavy (non-hydrogen) atoms. The minimum Gasteiger partial charge on any atom is -0.370 e. The number of amides is 1. The Morgan fingerprint density at radius 1 is 1.03 bits per heavy atom. The van der Waals surface area contributed by atoms with Crippen LogP contribution < -0.4 is 5.73 Å². The molecular weight excluding hydrogens is 533 g/mol. The van der Waals surface area contributed by atoms with E-state index < -0.39 is 7.59 Å². The lowest BCUT2D eigenvalue weighted by atomic mass is 10.2. The Kier molecular flexibility index (Phi) is 14.7. The van der Waals surface area contributed by atoms with Gasteiger partial charge in [-0.15, -0.1) is 11.8 Å². The van der Waals surface area contributed by atoms with Crippen molar-refractivity contribution in [2.24, 2.45) is 5.73 Å². The van der Waals surface area contributed by atoms with Crippen LogP contribution in [-0.2, 0) is 8.59 Å². The SMILES string of the molecule is CC.CC(Cl)(Cl)Cl.NC(=O)CCCSc1ccc(-c2ncnc(C(Cl)(Cl)Cl)n2)cc1. The van der Waals surface area contributed by atoms with Crippen LogP contribution >= 0.6 is 81.4 Å². The van der Waals surface area contributed by atoms with E-state index in [-0.39, 0.29) is 11.7 Å². The van der Waals surface area contributed by atoms with E-state index in [0.717, 1.165) is 22.6 Å². The molecule has 1 heterocycles. The summed E-state index contributed by atoms with van der Waals surface area (Å²) in [6.07, 6.45) is 2.46. The van der Waals surface area contributed by atoms with Crippen LogP contribution in [0, 0.1) is 0 Å². The van der Waals surface area contributed by atoms with Crippen LogP contribution in [0.4, 0.5) is 0 Å². The van der Waals surface area contributed by atoms with Gasteiger partial charge in [0.1, 0.15) is 6.33 Å². The number of carbonyl (C=O) groups is 1. The number of nitrogens with two attached hydrogens (primary N) is 1. The molecule has 0 radical (unpaired) electrons. The maximum atomic E-state index is 10.7. The molecule has 5 nitrogen and oxygen atoms in total. The van der Waals surface area contributed by atoms with Gasteiger partial charge < -0.3 is 5.73 Å². The van der Waals surface area contributed by atoms with Crippen LogP contribution in [0.1, 0.15) is 39.4 Å². The van der Waals surface area contributed by atoms with Crippen molar-refractivity contribution in [3.63, 3.8) is 0 Å². The molecular formula is C18H22Cl6N4OS. The smallest absolute Gasteiger partial charge is 0.250 e. The third kappa shape index (κ3) is 14.7. The van der Waals surface area contributed by atoms with E-state index in [4.69, 9.17) is 75.3 Å². The number of nitrogens with zero attached hydrogens (tertiary/aromatic N) is 3. The number of rotatable bonds is 6. The molecule has 0 unspecified atom stereocenters. The summed E-state index contributed by atoms with van der Waals surface area (Å²) in [7, 11) is 0.